The molecule has 2 N–H and O–H groups in total. The Morgan fingerprint density at radius 1 is 1.21 bits per heavy atom. The number of nitrogens with two attached hydrogens (primary N) is 1. The molecular formula is C14H14N2O2S. The van der Waals surface area contributed by atoms with Gasteiger partial charge in [-0.3, -0.25) is 10.1 Å². The number of nitro benzene ring substituents is 1. The maximum Gasteiger partial charge on any atom is 0.269 e. The zero-order valence-electron chi connectivity index (χ0n) is 10.5. The van der Waals surface area contributed by atoms with Gasteiger partial charge in [-0.15, -0.1) is 11.8 Å². The third-order valence-corrected chi connectivity index (χ3v) is 3.85. The van der Waals surface area contributed by atoms with Crippen molar-refractivity contribution in [2.45, 2.75) is 17.6 Å². The van der Waals surface area contributed by atoms with Gasteiger partial charge in [-0.25, -0.2) is 0 Å². The summed E-state index contributed by atoms with van der Waals surface area (Å²) >= 11 is 1.63. The predicted molar refractivity (Wildman–Crippen MR) is 78.2 cm³/mol. The average Bonchev–Trinajstić information content (AvgIpc) is 2.40. The third kappa shape index (κ3) is 3.48. The summed E-state index contributed by atoms with van der Waals surface area (Å²) < 4.78 is 0. The Labute approximate surface area is 115 Å². The van der Waals surface area contributed by atoms with Gasteiger partial charge in [0.25, 0.3) is 5.69 Å². The molecule has 0 aliphatic rings. The number of thioether (sulfide) groups is 1. The number of nitrogen functional groups attached to an aromatic ring is 1. The van der Waals surface area contributed by atoms with E-state index in [-0.39, 0.29) is 5.69 Å². The number of rotatable bonds is 4. The lowest BCUT2D eigenvalue weighted by Gasteiger charge is -2.06. The monoisotopic (exact) mass is 274 g/mol. The van der Waals surface area contributed by atoms with Gasteiger partial charge >= 0.3 is 0 Å². The summed E-state index contributed by atoms with van der Waals surface area (Å²) in [7, 11) is 0. The van der Waals surface area contributed by atoms with E-state index in [1.54, 1.807) is 23.9 Å². The first-order valence-corrected chi connectivity index (χ1v) is 6.77. The summed E-state index contributed by atoms with van der Waals surface area (Å²) in [6, 6.07) is 12.5. The van der Waals surface area contributed by atoms with Crippen molar-refractivity contribution in [2.75, 3.05) is 5.73 Å². The van der Waals surface area contributed by atoms with E-state index < -0.39 is 4.92 Å². The summed E-state index contributed by atoms with van der Waals surface area (Å²) in [5.41, 5.74) is 8.99. The average molecular weight is 274 g/mol. The van der Waals surface area contributed by atoms with Gasteiger partial charge in [0.05, 0.1) is 4.92 Å². The lowest BCUT2D eigenvalue weighted by molar-refractivity contribution is -0.384. The van der Waals surface area contributed by atoms with Gasteiger partial charge in [-0.2, -0.15) is 0 Å². The van der Waals surface area contributed by atoms with Crippen LogP contribution < -0.4 is 5.73 Å². The number of anilines is 1. The first-order chi connectivity index (χ1) is 9.06. The van der Waals surface area contributed by atoms with Crippen LogP contribution in [0.2, 0.25) is 0 Å². The van der Waals surface area contributed by atoms with Crippen molar-refractivity contribution in [2.24, 2.45) is 0 Å². The lowest BCUT2D eigenvalue weighted by Crippen LogP contribution is -1.91. The highest BCUT2D eigenvalue weighted by Gasteiger charge is 2.05. The van der Waals surface area contributed by atoms with Crippen LogP contribution in [0.25, 0.3) is 0 Å². The molecule has 0 atom stereocenters. The number of hydrogen-bond donors (Lipinski definition) is 1. The Hall–Kier alpha value is -2.01. The number of non-ortho nitro benzene ring substituents is 1. The second kappa shape index (κ2) is 5.75. The van der Waals surface area contributed by atoms with Gasteiger partial charge in [0.2, 0.25) is 0 Å². The highest BCUT2D eigenvalue weighted by Crippen LogP contribution is 2.29. The van der Waals surface area contributed by atoms with E-state index in [4.69, 9.17) is 5.73 Å². The summed E-state index contributed by atoms with van der Waals surface area (Å²) in [4.78, 5) is 11.2. The van der Waals surface area contributed by atoms with Crippen LogP contribution in [-0.4, -0.2) is 4.92 Å². The fraction of sp³-hybridized carbons (Fsp3) is 0.143. The molecule has 0 radical (unpaired) electrons. The molecule has 5 heteroatoms. The van der Waals surface area contributed by atoms with Crippen LogP contribution >= 0.6 is 11.8 Å². The van der Waals surface area contributed by atoms with Gasteiger partial charge in [0.15, 0.2) is 0 Å². The van der Waals surface area contributed by atoms with Gasteiger partial charge in [-0.1, -0.05) is 18.2 Å². The van der Waals surface area contributed by atoms with Crippen LogP contribution in [0.5, 0.6) is 0 Å². The molecule has 0 saturated carbocycles. The zero-order valence-corrected chi connectivity index (χ0v) is 11.3. The first-order valence-electron chi connectivity index (χ1n) is 5.78. The summed E-state index contributed by atoms with van der Waals surface area (Å²) in [6.45, 7) is 2.02. The number of benzene rings is 2. The number of aryl methyl sites for hydroxylation is 1. The van der Waals surface area contributed by atoms with Gasteiger partial charge in [-0.05, 0) is 30.2 Å². The second-order valence-corrected chi connectivity index (χ2v) is 5.27. The first kappa shape index (κ1) is 13.4. The molecule has 98 valence electrons. The number of nitro groups is 1. The summed E-state index contributed by atoms with van der Waals surface area (Å²) in [6.07, 6.45) is 0. The standard InChI is InChI=1S/C14H14N2O2S/c1-10-2-7-13(15)14(8-10)19-9-11-3-5-12(6-4-11)16(17)18/h2-8H,9,15H2,1H3. The van der Waals surface area contributed by atoms with Crippen LogP contribution in [0.1, 0.15) is 11.1 Å². The molecule has 2 rings (SSSR count). The molecule has 0 bridgehead atoms. The van der Waals surface area contributed by atoms with Crippen molar-refractivity contribution in [3.8, 4) is 0 Å². The molecule has 0 aliphatic carbocycles. The zero-order chi connectivity index (χ0) is 13.8. The van der Waals surface area contributed by atoms with Crippen LogP contribution in [-0.2, 0) is 5.75 Å². The molecule has 2 aromatic carbocycles. The largest absolute Gasteiger partial charge is 0.398 e. The van der Waals surface area contributed by atoms with E-state index in [0.717, 1.165) is 21.9 Å². The Morgan fingerprint density at radius 2 is 1.89 bits per heavy atom. The van der Waals surface area contributed by atoms with Gasteiger partial charge in [0, 0.05) is 28.5 Å². The lowest BCUT2D eigenvalue weighted by atomic mass is 10.2. The van der Waals surface area contributed by atoms with E-state index in [9.17, 15) is 10.1 Å². The minimum Gasteiger partial charge on any atom is -0.398 e. The molecule has 2 aromatic rings. The minimum atomic E-state index is -0.393. The van der Waals surface area contributed by atoms with E-state index in [1.165, 1.54) is 17.7 Å². The van der Waals surface area contributed by atoms with Crippen LogP contribution in [0, 0.1) is 17.0 Å². The van der Waals surface area contributed by atoms with Crippen LogP contribution in [0.15, 0.2) is 47.4 Å². The Kier molecular flexibility index (Phi) is 4.06. The van der Waals surface area contributed by atoms with E-state index >= 15 is 0 Å². The topological polar surface area (TPSA) is 69.2 Å². The molecule has 0 heterocycles. The second-order valence-electron chi connectivity index (χ2n) is 4.25. The van der Waals surface area contributed by atoms with Crippen molar-refractivity contribution < 1.29 is 4.92 Å². The molecule has 0 spiro atoms. The maximum atomic E-state index is 10.6. The normalized spacial score (nSPS) is 10.4. The Bertz CT molecular complexity index is 597. The number of hydrogen-bond acceptors (Lipinski definition) is 4. The number of nitrogens with zero attached hydrogens (tertiary/aromatic N) is 1. The maximum absolute atomic E-state index is 10.6. The molecule has 0 aromatic heterocycles. The molecule has 0 unspecified atom stereocenters. The van der Waals surface area contributed by atoms with Crippen molar-refractivity contribution in [1.82, 2.24) is 0 Å². The molecule has 0 fully saturated rings. The van der Waals surface area contributed by atoms with Crippen LogP contribution in [0.4, 0.5) is 11.4 Å². The van der Waals surface area contributed by atoms with Gasteiger partial charge in [0.1, 0.15) is 0 Å². The van der Waals surface area contributed by atoms with E-state index in [1.807, 2.05) is 25.1 Å². The van der Waals surface area contributed by atoms with Gasteiger partial charge < -0.3 is 5.73 Å². The van der Waals surface area contributed by atoms with Crippen LogP contribution in [0.3, 0.4) is 0 Å². The van der Waals surface area contributed by atoms with E-state index in [2.05, 4.69) is 0 Å². The Morgan fingerprint density at radius 3 is 2.53 bits per heavy atom. The molecule has 0 saturated heterocycles. The predicted octanol–water partition coefficient (Wildman–Crippen LogP) is 3.78. The summed E-state index contributed by atoms with van der Waals surface area (Å²) in [5.74, 6) is 0.742. The minimum absolute atomic E-state index is 0.115. The highest BCUT2D eigenvalue weighted by atomic mass is 32.2. The SMILES string of the molecule is Cc1ccc(N)c(SCc2ccc([N+](=O)[O-])cc2)c1. The Balaban J connectivity index is 2.06. The smallest absolute Gasteiger partial charge is 0.269 e. The quantitative estimate of drug-likeness (QED) is 0.399. The summed E-state index contributed by atoms with van der Waals surface area (Å²) in [5, 5.41) is 10.6. The third-order valence-electron chi connectivity index (χ3n) is 2.71. The van der Waals surface area contributed by atoms with Crippen molar-refractivity contribution in [3.63, 3.8) is 0 Å². The molecule has 4 nitrogen and oxygen atoms in total. The molecule has 19 heavy (non-hydrogen) atoms. The van der Waals surface area contributed by atoms with E-state index in [0.29, 0.717) is 0 Å². The van der Waals surface area contributed by atoms with Crippen molar-refractivity contribution >= 4 is 23.1 Å². The fourth-order valence-corrected chi connectivity index (χ4v) is 2.66. The fourth-order valence-electron chi connectivity index (χ4n) is 1.64. The molecule has 0 aliphatic heterocycles. The highest BCUT2D eigenvalue weighted by molar-refractivity contribution is 7.98. The molecular weight excluding hydrogens is 260 g/mol. The van der Waals surface area contributed by atoms with Crippen molar-refractivity contribution in [1.29, 1.82) is 0 Å². The molecule has 0 amide bonds. The van der Waals surface area contributed by atoms with Crippen molar-refractivity contribution in [3.05, 3.63) is 63.7 Å².